The molecule has 1 unspecified atom stereocenters. The maximum atomic E-state index is 13.4. The van der Waals surface area contributed by atoms with Crippen molar-refractivity contribution < 1.29 is 13.9 Å². The second-order valence-corrected chi connectivity index (χ2v) is 7.98. The molecule has 0 spiro atoms. The van der Waals surface area contributed by atoms with Gasteiger partial charge < -0.3 is 10.1 Å². The van der Waals surface area contributed by atoms with Gasteiger partial charge in [-0.25, -0.2) is 4.39 Å². The highest BCUT2D eigenvalue weighted by Crippen LogP contribution is 2.27. The number of morpholine rings is 1. The average Bonchev–Trinajstić information content (AvgIpc) is 2.68. The molecule has 1 aliphatic rings. The highest BCUT2D eigenvalue weighted by molar-refractivity contribution is 6.30. The van der Waals surface area contributed by atoms with E-state index < -0.39 is 5.82 Å². The summed E-state index contributed by atoms with van der Waals surface area (Å²) in [6.45, 7) is 7.60. The zero-order valence-electron chi connectivity index (χ0n) is 16.3. The van der Waals surface area contributed by atoms with Crippen LogP contribution in [0.2, 0.25) is 5.02 Å². The molecule has 0 aromatic heterocycles. The molecule has 2 aromatic rings. The van der Waals surface area contributed by atoms with Crippen molar-refractivity contribution in [1.29, 1.82) is 0 Å². The molecule has 0 aliphatic carbocycles. The second kappa shape index (κ2) is 9.50. The average molecular weight is 405 g/mol. The third kappa shape index (κ3) is 5.53. The molecule has 1 aliphatic heterocycles. The molecule has 1 saturated heterocycles. The van der Waals surface area contributed by atoms with Crippen molar-refractivity contribution in [3.05, 3.63) is 70.0 Å². The first kappa shape index (κ1) is 20.8. The third-order valence-electron chi connectivity index (χ3n) is 4.73. The van der Waals surface area contributed by atoms with Crippen molar-refractivity contribution >= 4 is 17.5 Å². The highest BCUT2D eigenvalue weighted by atomic mass is 35.5. The van der Waals surface area contributed by atoms with Gasteiger partial charge in [-0.15, -0.1) is 0 Å². The Labute approximate surface area is 170 Å². The fourth-order valence-corrected chi connectivity index (χ4v) is 3.42. The molecule has 0 bridgehead atoms. The summed E-state index contributed by atoms with van der Waals surface area (Å²) < 4.78 is 19.3. The van der Waals surface area contributed by atoms with Gasteiger partial charge in [0.05, 0.1) is 17.7 Å². The summed E-state index contributed by atoms with van der Waals surface area (Å²) in [5, 5.41) is 3.06. The number of nitrogens with zero attached hydrogens (tertiary/aromatic N) is 1. The minimum atomic E-state index is -0.425. The Bertz CT molecular complexity index is 828. The molecule has 28 heavy (non-hydrogen) atoms. The van der Waals surface area contributed by atoms with E-state index in [1.165, 1.54) is 6.07 Å². The van der Waals surface area contributed by atoms with Crippen molar-refractivity contribution in [1.82, 2.24) is 10.2 Å². The normalized spacial score (nSPS) is 17.7. The number of ether oxygens (including phenoxy) is 1. The van der Waals surface area contributed by atoms with Crippen LogP contribution in [0.3, 0.4) is 0 Å². The molecule has 1 N–H and O–H groups in total. The minimum Gasteiger partial charge on any atom is -0.371 e. The lowest BCUT2D eigenvalue weighted by molar-refractivity contribution is -0.0329. The Morgan fingerprint density at radius 1 is 1.32 bits per heavy atom. The van der Waals surface area contributed by atoms with Crippen molar-refractivity contribution in [2.75, 3.05) is 26.2 Å². The van der Waals surface area contributed by atoms with Crippen LogP contribution in [0.4, 0.5) is 4.39 Å². The van der Waals surface area contributed by atoms with Crippen molar-refractivity contribution in [2.45, 2.75) is 26.5 Å². The summed E-state index contributed by atoms with van der Waals surface area (Å²) >= 11 is 5.91. The Kier molecular flexibility index (Phi) is 7.05. The number of halogens is 2. The number of nitrogens with one attached hydrogen (secondary N) is 1. The van der Waals surface area contributed by atoms with Gasteiger partial charge in [0.1, 0.15) is 5.82 Å². The predicted octanol–water partition coefficient (Wildman–Crippen LogP) is 4.44. The van der Waals surface area contributed by atoms with Gasteiger partial charge in [-0.05, 0) is 41.3 Å². The van der Waals surface area contributed by atoms with Crippen LogP contribution in [0, 0.1) is 11.7 Å². The largest absolute Gasteiger partial charge is 0.371 e. The van der Waals surface area contributed by atoms with Crippen LogP contribution in [-0.2, 0) is 11.3 Å². The Morgan fingerprint density at radius 3 is 2.89 bits per heavy atom. The number of amides is 1. The molecule has 150 valence electrons. The number of rotatable bonds is 6. The van der Waals surface area contributed by atoms with E-state index in [4.69, 9.17) is 16.3 Å². The number of carbonyl (C=O) groups is 1. The van der Waals surface area contributed by atoms with E-state index >= 15 is 0 Å². The SMILES string of the molecule is CC(C)CNC(=O)c1cccc(CN2CCOC(c3ccc(F)c(Cl)c3)C2)c1. The molecule has 0 radical (unpaired) electrons. The molecular formula is C22H26ClFN2O2. The van der Waals surface area contributed by atoms with Gasteiger partial charge in [-0.2, -0.15) is 0 Å². The number of benzene rings is 2. The van der Waals surface area contributed by atoms with Crippen LogP contribution in [0.5, 0.6) is 0 Å². The van der Waals surface area contributed by atoms with Crippen molar-refractivity contribution in [3.8, 4) is 0 Å². The van der Waals surface area contributed by atoms with Gasteiger partial charge in [0.15, 0.2) is 0 Å². The molecule has 1 amide bonds. The van der Waals surface area contributed by atoms with E-state index in [-0.39, 0.29) is 17.0 Å². The quantitative estimate of drug-likeness (QED) is 0.773. The molecule has 1 heterocycles. The maximum Gasteiger partial charge on any atom is 0.251 e. The molecule has 3 rings (SSSR count). The molecule has 1 atom stereocenters. The zero-order valence-corrected chi connectivity index (χ0v) is 17.0. The third-order valence-corrected chi connectivity index (χ3v) is 5.02. The summed E-state index contributed by atoms with van der Waals surface area (Å²) in [5.74, 6) is -0.0561. The van der Waals surface area contributed by atoms with Gasteiger partial charge in [-0.3, -0.25) is 9.69 Å². The first-order valence-corrected chi connectivity index (χ1v) is 9.96. The number of hydrogen-bond donors (Lipinski definition) is 1. The minimum absolute atomic E-state index is 0.0450. The predicted molar refractivity (Wildman–Crippen MR) is 109 cm³/mol. The summed E-state index contributed by atoms with van der Waals surface area (Å²) in [6.07, 6.45) is -0.149. The lowest BCUT2D eigenvalue weighted by Gasteiger charge is -2.33. The van der Waals surface area contributed by atoms with Gasteiger partial charge in [-0.1, -0.05) is 43.6 Å². The molecule has 2 aromatic carbocycles. The van der Waals surface area contributed by atoms with Gasteiger partial charge >= 0.3 is 0 Å². The Balaban J connectivity index is 1.64. The topological polar surface area (TPSA) is 41.6 Å². The summed E-state index contributed by atoms with van der Waals surface area (Å²) in [5.41, 5.74) is 2.63. The first-order valence-electron chi connectivity index (χ1n) is 9.58. The standard InChI is InChI=1S/C22H26ClFN2O2/c1-15(2)12-25-22(27)18-5-3-4-16(10-18)13-26-8-9-28-21(14-26)17-6-7-20(24)19(23)11-17/h3-7,10-11,15,21H,8-9,12-14H2,1-2H3,(H,25,27). The van der Waals surface area contributed by atoms with Gasteiger partial charge in [0.25, 0.3) is 5.91 Å². The molecule has 1 fully saturated rings. The van der Waals surface area contributed by atoms with E-state index in [1.54, 1.807) is 12.1 Å². The fraction of sp³-hybridized carbons (Fsp3) is 0.409. The first-order chi connectivity index (χ1) is 13.4. The molecule has 6 heteroatoms. The molecule has 4 nitrogen and oxygen atoms in total. The Morgan fingerprint density at radius 2 is 2.14 bits per heavy atom. The van der Waals surface area contributed by atoms with Crippen LogP contribution >= 0.6 is 11.6 Å². The lowest BCUT2D eigenvalue weighted by Crippen LogP contribution is -2.37. The summed E-state index contributed by atoms with van der Waals surface area (Å²) in [7, 11) is 0. The summed E-state index contributed by atoms with van der Waals surface area (Å²) in [4.78, 5) is 14.6. The van der Waals surface area contributed by atoms with Crippen LogP contribution in [0.1, 0.15) is 41.4 Å². The Hall–Kier alpha value is -1.95. The van der Waals surface area contributed by atoms with Crippen LogP contribution in [0.15, 0.2) is 42.5 Å². The van der Waals surface area contributed by atoms with Gasteiger partial charge in [0, 0.05) is 31.7 Å². The molecule has 0 saturated carbocycles. The van der Waals surface area contributed by atoms with Crippen molar-refractivity contribution in [2.24, 2.45) is 5.92 Å². The lowest BCUT2D eigenvalue weighted by atomic mass is 10.1. The smallest absolute Gasteiger partial charge is 0.251 e. The van der Waals surface area contributed by atoms with Crippen LogP contribution in [-0.4, -0.2) is 37.0 Å². The maximum absolute atomic E-state index is 13.4. The monoisotopic (exact) mass is 404 g/mol. The second-order valence-electron chi connectivity index (χ2n) is 7.57. The summed E-state index contributed by atoms with van der Waals surface area (Å²) in [6, 6.07) is 12.4. The van der Waals surface area contributed by atoms with Crippen molar-refractivity contribution in [3.63, 3.8) is 0 Å². The zero-order chi connectivity index (χ0) is 20.1. The molecular weight excluding hydrogens is 379 g/mol. The van der Waals surface area contributed by atoms with E-state index in [9.17, 15) is 9.18 Å². The van der Waals surface area contributed by atoms with E-state index in [0.29, 0.717) is 31.2 Å². The highest BCUT2D eigenvalue weighted by Gasteiger charge is 2.23. The number of carbonyl (C=O) groups excluding carboxylic acids is 1. The van der Waals surface area contributed by atoms with Gasteiger partial charge in [0.2, 0.25) is 0 Å². The van der Waals surface area contributed by atoms with E-state index in [2.05, 4.69) is 24.1 Å². The fourth-order valence-electron chi connectivity index (χ4n) is 3.23. The van der Waals surface area contributed by atoms with Crippen LogP contribution < -0.4 is 5.32 Å². The van der Waals surface area contributed by atoms with E-state index in [0.717, 1.165) is 24.2 Å². The van der Waals surface area contributed by atoms with E-state index in [1.807, 2.05) is 24.3 Å². The van der Waals surface area contributed by atoms with Crippen LogP contribution in [0.25, 0.3) is 0 Å². The number of hydrogen-bond acceptors (Lipinski definition) is 3.